The fraction of sp³-hybridized carbons (Fsp3) is 0.864. The summed E-state index contributed by atoms with van der Waals surface area (Å²) in [6.45, 7) is 4.43. The lowest BCUT2D eigenvalue weighted by Crippen LogP contribution is -2.37. The third-order valence-electron chi connectivity index (χ3n) is 4.66. The zero-order chi connectivity index (χ0) is 18.6. The van der Waals surface area contributed by atoms with Crippen LogP contribution < -0.4 is 5.32 Å². The Bertz CT molecular complexity index is 315. The molecule has 3 heteroatoms. The first kappa shape index (κ1) is 24.2. The van der Waals surface area contributed by atoms with Gasteiger partial charge in [-0.15, -0.1) is 0 Å². The Morgan fingerprint density at radius 1 is 0.840 bits per heavy atom. The van der Waals surface area contributed by atoms with Crippen LogP contribution in [-0.2, 0) is 4.79 Å². The monoisotopic (exact) mass is 353 g/mol. The molecular formula is C22H43NO2. The SMILES string of the molecule is CCCCCC/C=C\CCCCCCCC(=O)NC(CO)CCCC. The van der Waals surface area contributed by atoms with Crippen molar-refractivity contribution in [1.29, 1.82) is 0 Å². The topological polar surface area (TPSA) is 49.3 Å². The summed E-state index contributed by atoms with van der Waals surface area (Å²) < 4.78 is 0. The molecule has 2 N–H and O–H groups in total. The van der Waals surface area contributed by atoms with Gasteiger partial charge in [-0.2, -0.15) is 0 Å². The van der Waals surface area contributed by atoms with E-state index in [0.29, 0.717) is 6.42 Å². The van der Waals surface area contributed by atoms with Gasteiger partial charge in [0, 0.05) is 6.42 Å². The fourth-order valence-corrected chi connectivity index (χ4v) is 2.96. The van der Waals surface area contributed by atoms with Crippen molar-refractivity contribution in [2.24, 2.45) is 0 Å². The van der Waals surface area contributed by atoms with E-state index in [9.17, 15) is 9.90 Å². The first-order valence-electron chi connectivity index (χ1n) is 10.8. The highest BCUT2D eigenvalue weighted by atomic mass is 16.3. The fourth-order valence-electron chi connectivity index (χ4n) is 2.96. The molecule has 1 unspecified atom stereocenters. The van der Waals surface area contributed by atoms with Crippen LogP contribution in [0.4, 0.5) is 0 Å². The van der Waals surface area contributed by atoms with E-state index >= 15 is 0 Å². The van der Waals surface area contributed by atoms with Crippen LogP contribution in [0.25, 0.3) is 0 Å². The van der Waals surface area contributed by atoms with Crippen LogP contribution >= 0.6 is 0 Å². The highest BCUT2D eigenvalue weighted by molar-refractivity contribution is 5.76. The number of aliphatic hydroxyl groups is 1. The molecule has 0 fully saturated rings. The van der Waals surface area contributed by atoms with Gasteiger partial charge in [0.05, 0.1) is 12.6 Å². The number of rotatable bonds is 18. The van der Waals surface area contributed by atoms with E-state index in [1.165, 1.54) is 57.8 Å². The van der Waals surface area contributed by atoms with Crippen molar-refractivity contribution in [2.75, 3.05) is 6.61 Å². The summed E-state index contributed by atoms with van der Waals surface area (Å²) in [5, 5.41) is 12.2. The van der Waals surface area contributed by atoms with Gasteiger partial charge in [0.1, 0.15) is 0 Å². The van der Waals surface area contributed by atoms with Gasteiger partial charge in [0.25, 0.3) is 0 Å². The summed E-state index contributed by atoms with van der Waals surface area (Å²) in [4.78, 5) is 11.8. The Hall–Kier alpha value is -0.830. The molecule has 0 radical (unpaired) electrons. The van der Waals surface area contributed by atoms with E-state index in [-0.39, 0.29) is 18.6 Å². The minimum absolute atomic E-state index is 0.0534. The molecule has 0 aliphatic carbocycles. The predicted molar refractivity (Wildman–Crippen MR) is 109 cm³/mol. The number of aliphatic hydroxyl groups excluding tert-OH is 1. The first-order valence-corrected chi connectivity index (χ1v) is 10.8. The summed E-state index contributed by atoms with van der Waals surface area (Å²) in [6.07, 6.45) is 22.0. The van der Waals surface area contributed by atoms with Crippen molar-refractivity contribution in [3.63, 3.8) is 0 Å². The summed E-state index contributed by atoms with van der Waals surface area (Å²) in [6, 6.07) is -0.0544. The van der Waals surface area contributed by atoms with Gasteiger partial charge in [-0.25, -0.2) is 0 Å². The van der Waals surface area contributed by atoms with Crippen LogP contribution in [0.2, 0.25) is 0 Å². The van der Waals surface area contributed by atoms with E-state index < -0.39 is 0 Å². The molecule has 0 aliphatic rings. The molecule has 148 valence electrons. The second-order valence-corrected chi connectivity index (χ2v) is 7.22. The van der Waals surface area contributed by atoms with Gasteiger partial charge in [-0.05, 0) is 38.5 Å². The lowest BCUT2D eigenvalue weighted by molar-refractivity contribution is -0.122. The molecule has 1 atom stereocenters. The van der Waals surface area contributed by atoms with E-state index in [1.807, 2.05) is 0 Å². The minimum atomic E-state index is -0.0544. The van der Waals surface area contributed by atoms with Crippen LogP contribution in [-0.4, -0.2) is 23.7 Å². The van der Waals surface area contributed by atoms with Crippen LogP contribution in [0.5, 0.6) is 0 Å². The van der Waals surface area contributed by atoms with Crippen molar-refractivity contribution in [2.45, 2.75) is 116 Å². The number of unbranched alkanes of at least 4 members (excludes halogenated alkanes) is 10. The average molecular weight is 354 g/mol. The Morgan fingerprint density at radius 3 is 2.00 bits per heavy atom. The lowest BCUT2D eigenvalue weighted by atomic mass is 10.1. The summed E-state index contributed by atoms with van der Waals surface area (Å²) in [7, 11) is 0. The lowest BCUT2D eigenvalue weighted by Gasteiger charge is -2.15. The van der Waals surface area contributed by atoms with Gasteiger partial charge >= 0.3 is 0 Å². The van der Waals surface area contributed by atoms with Crippen molar-refractivity contribution >= 4 is 5.91 Å². The normalized spacial score (nSPS) is 12.6. The van der Waals surface area contributed by atoms with Crippen molar-refractivity contribution in [3.05, 3.63) is 12.2 Å². The highest BCUT2D eigenvalue weighted by Gasteiger charge is 2.10. The average Bonchev–Trinajstić information content (AvgIpc) is 2.62. The van der Waals surface area contributed by atoms with Crippen LogP contribution in [0.1, 0.15) is 110 Å². The number of carbonyl (C=O) groups is 1. The Morgan fingerprint density at radius 2 is 1.40 bits per heavy atom. The molecule has 0 bridgehead atoms. The second kappa shape index (κ2) is 19.5. The third-order valence-corrected chi connectivity index (χ3v) is 4.66. The molecule has 0 rings (SSSR count). The third kappa shape index (κ3) is 17.8. The van der Waals surface area contributed by atoms with Gasteiger partial charge in [-0.3, -0.25) is 4.79 Å². The molecule has 0 saturated heterocycles. The van der Waals surface area contributed by atoms with Gasteiger partial charge in [-0.1, -0.05) is 77.4 Å². The number of amides is 1. The highest BCUT2D eigenvalue weighted by Crippen LogP contribution is 2.09. The molecular weight excluding hydrogens is 310 g/mol. The second-order valence-electron chi connectivity index (χ2n) is 7.22. The number of allylic oxidation sites excluding steroid dienone is 2. The van der Waals surface area contributed by atoms with E-state index in [2.05, 4.69) is 31.3 Å². The Labute approximate surface area is 156 Å². The predicted octanol–water partition coefficient (Wildman–Crippen LogP) is 5.91. The quantitative estimate of drug-likeness (QED) is 0.238. The smallest absolute Gasteiger partial charge is 0.220 e. The van der Waals surface area contributed by atoms with Crippen LogP contribution in [0.3, 0.4) is 0 Å². The molecule has 0 saturated carbocycles. The summed E-state index contributed by atoms with van der Waals surface area (Å²) in [5.41, 5.74) is 0. The number of hydrogen-bond donors (Lipinski definition) is 2. The molecule has 0 aromatic heterocycles. The van der Waals surface area contributed by atoms with Gasteiger partial charge in [0.2, 0.25) is 5.91 Å². The molecule has 0 aromatic carbocycles. The molecule has 0 aromatic rings. The van der Waals surface area contributed by atoms with Crippen LogP contribution in [0.15, 0.2) is 12.2 Å². The van der Waals surface area contributed by atoms with Gasteiger partial charge < -0.3 is 10.4 Å². The molecule has 1 amide bonds. The number of nitrogens with one attached hydrogen (secondary N) is 1. The molecule has 0 heterocycles. The van der Waals surface area contributed by atoms with E-state index in [1.54, 1.807) is 0 Å². The van der Waals surface area contributed by atoms with Crippen molar-refractivity contribution < 1.29 is 9.90 Å². The largest absolute Gasteiger partial charge is 0.394 e. The standard InChI is InChI=1S/C22H43NO2/c1-3-5-7-8-9-10-11-12-13-14-15-16-17-19-22(25)23-21(20-24)18-6-4-2/h10-11,21,24H,3-9,12-20H2,1-2H3,(H,23,25)/b11-10-. The molecule has 3 nitrogen and oxygen atoms in total. The Kier molecular flexibility index (Phi) is 18.8. The maximum atomic E-state index is 11.8. The van der Waals surface area contributed by atoms with Crippen LogP contribution in [0, 0.1) is 0 Å². The molecule has 0 aliphatic heterocycles. The first-order chi connectivity index (χ1) is 12.2. The van der Waals surface area contributed by atoms with E-state index in [0.717, 1.165) is 32.1 Å². The number of hydrogen-bond acceptors (Lipinski definition) is 2. The van der Waals surface area contributed by atoms with Gasteiger partial charge in [0.15, 0.2) is 0 Å². The summed E-state index contributed by atoms with van der Waals surface area (Å²) in [5.74, 6) is 0.0983. The minimum Gasteiger partial charge on any atom is -0.394 e. The van der Waals surface area contributed by atoms with E-state index in [4.69, 9.17) is 0 Å². The molecule has 25 heavy (non-hydrogen) atoms. The zero-order valence-corrected chi connectivity index (χ0v) is 16.9. The summed E-state index contributed by atoms with van der Waals surface area (Å²) >= 11 is 0. The maximum Gasteiger partial charge on any atom is 0.220 e. The number of carbonyl (C=O) groups excluding carboxylic acids is 1. The Balaban J connectivity index is 3.39. The molecule has 0 spiro atoms. The zero-order valence-electron chi connectivity index (χ0n) is 16.9. The maximum absolute atomic E-state index is 11.8. The van der Waals surface area contributed by atoms with Crippen molar-refractivity contribution in [1.82, 2.24) is 5.32 Å². The van der Waals surface area contributed by atoms with Crippen molar-refractivity contribution in [3.8, 4) is 0 Å².